The van der Waals surface area contributed by atoms with Gasteiger partial charge in [-0.1, -0.05) is 33.6 Å². The molecule has 0 heterocycles. The Hall–Kier alpha value is -0.960. The molecule has 3 heteroatoms. The first-order chi connectivity index (χ1) is 8.52. The lowest BCUT2D eigenvalue weighted by molar-refractivity contribution is 0.451. The van der Waals surface area contributed by atoms with Gasteiger partial charge in [0.2, 0.25) is 0 Å². The second-order valence-electron chi connectivity index (χ2n) is 5.14. The van der Waals surface area contributed by atoms with Gasteiger partial charge >= 0.3 is 0 Å². The summed E-state index contributed by atoms with van der Waals surface area (Å²) in [5, 5.41) is 3.29. The third-order valence-corrected chi connectivity index (χ3v) is 3.01. The Labute approximate surface area is 109 Å². The van der Waals surface area contributed by atoms with Crippen LogP contribution >= 0.6 is 0 Å². The minimum atomic E-state index is -0.503. The second-order valence-corrected chi connectivity index (χ2v) is 5.14. The summed E-state index contributed by atoms with van der Waals surface area (Å²) < 4.78 is 26.4. The van der Waals surface area contributed by atoms with E-state index in [1.54, 1.807) is 0 Å². The molecule has 0 aliphatic heterocycles. The smallest absolute Gasteiger partial charge is 0.126 e. The molecule has 1 N–H and O–H groups in total. The van der Waals surface area contributed by atoms with Crippen LogP contribution < -0.4 is 5.32 Å². The summed E-state index contributed by atoms with van der Waals surface area (Å²) in [6.07, 6.45) is 3.11. The average molecular weight is 255 g/mol. The minimum Gasteiger partial charge on any atom is -0.310 e. The van der Waals surface area contributed by atoms with Crippen molar-refractivity contribution in [2.75, 3.05) is 6.54 Å². The fourth-order valence-corrected chi connectivity index (χ4v) is 2.14. The van der Waals surface area contributed by atoms with Crippen LogP contribution in [0.1, 0.15) is 51.6 Å². The largest absolute Gasteiger partial charge is 0.310 e. The lowest BCUT2D eigenvalue weighted by Gasteiger charge is -2.19. The van der Waals surface area contributed by atoms with Gasteiger partial charge < -0.3 is 5.32 Å². The van der Waals surface area contributed by atoms with Gasteiger partial charge in [-0.2, -0.15) is 0 Å². The number of rotatable bonds is 7. The Bertz CT molecular complexity index is 343. The maximum atomic E-state index is 13.2. The topological polar surface area (TPSA) is 12.0 Å². The molecule has 0 bridgehead atoms. The summed E-state index contributed by atoms with van der Waals surface area (Å²) in [5.41, 5.74) is 0.707. The summed E-state index contributed by atoms with van der Waals surface area (Å²) >= 11 is 0. The van der Waals surface area contributed by atoms with E-state index in [4.69, 9.17) is 0 Å². The van der Waals surface area contributed by atoms with E-state index in [0.29, 0.717) is 11.5 Å². The fourth-order valence-electron chi connectivity index (χ4n) is 2.14. The van der Waals surface area contributed by atoms with Crippen LogP contribution in [-0.2, 0) is 0 Å². The van der Waals surface area contributed by atoms with Crippen LogP contribution in [0.25, 0.3) is 0 Å². The molecule has 0 saturated carbocycles. The first-order valence-corrected chi connectivity index (χ1v) is 6.72. The number of halogens is 2. The highest BCUT2D eigenvalue weighted by Crippen LogP contribution is 2.22. The van der Waals surface area contributed by atoms with Crippen molar-refractivity contribution in [1.82, 2.24) is 5.32 Å². The molecular weight excluding hydrogens is 232 g/mol. The normalized spacial score (nSPS) is 13.0. The number of hydrogen-bond donors (Lipinski definition) is 1. The zero-order valence-corrected chi connectivity index (χ0v) is 11.5. The van der Waals surface area contributed by atoms with Crippen molar-refractivity contribution in [3.05, 3.63) is 35.4 Å². The number of hydrogen-bond acceptors (Lipinski definition) is 1. The summed E-state index contributed by atoms with van der Waals surface area (Å²) in [7, 11) is 0. The van der Waals surface area contributed by atoms with Crippen LogP contribution in [0.5, 0.6) is 0 Å². The Morgan fingerprint density at radius 3 is 2.17 bits per heavy atom. The van der Waals surface area contributed by atoms with Crippen molar-refractivity contribution >= 4 is 0 Å². The Morgan fingerprint density at radius 1 is 1.06 bits per heavy atom. The molecule has 0 saturated heterocycles. The SMILES string of the molecule is CCNC(CCCC(C)C)c1cc(F)cc(F)c1. The molecular formula is C15H23F2N. The average Bonchev–Trinajstić information content (AvgIpc) is 2.26. The maximum Gasteiger partial charge on any atom is 0.126 e. The number of nitrogens with one attached hydrogen (secondary N) is 1. The highest BCUT2D eigenvalue weighted by molar-refractivity contribution is 5.21. The van der Waals surface area contributed by atoms with E-state index < -0.39 is 11.6 Å². The summed E-state index contributed by atoms with van der Waals surface area (Å²) in [4.78, 5) is 0. The first-order valence-electron chi connectivity index (χ1n) is 6.72. The first kappa shape index (κ1) is 15.1. The molecule has 0 amide bonds. The Kier molecular flexibility index (Phi) is 6.27. The van der Waals surface area contributed by atoms with Gasteiger partial charge in [0.1, 0.15) is 11.6 Å². The highest BCUT2D eigenvalue weighted by atomic mass is 19.1. The lowest BCUT2D eigenvalue weighted by Crippen LogP contribution is -2.21. The van der Waals surface area contributed by atoms with Crippen LogP contribution in [0.2, 0.25) is 0 Å². The molecule has 0 aromatic heterocycles. The summed E-state index contributed by atoms with van der Waals surface area (Å²) in [6, 6.07) is 3.80. The molecule has 1 unspecified atom stereocenters. The predicted molar refractivity (Wildman–Crippen MR) is 71.5 cm³/mol. The van der Waals surface area contributed by atoms with E-state index in [2.05, 4.69) is 19.2 Å². The zero-order chi connectivity index (χ0) is 13.5. The van der Waals surface area contributed by atoms with Crippen molar-refractivity contribution in [2.24, 2.45) is 5.92 Å². The van der Waals surface area contributed by atoms with Gasteiger partial charge in [0, 0.05) is 12.1 Å². The zero-order valence-electron chi connectivity index (χ0n) is 11.5. The minimum absolute atomic E-state index is 0.0407. The Balaban J connectivity index is 2.70. The van der Waals surface area contributed by atoms with Gasteiger partial charge in [-0.15, -0.1) is 0 Å². The molecule has 0 spiro atoms. The molecule has 1 nitrogen and oxygen atoms in total. The molecule has 1 aromatic rings. The second kappa shape index (κ2) is 7.47. The van der Waals surface area contributed by atoms with E-state index in [-0.39, 0.29) is 6.04 Å². The fraction of sp³-hybridized carbons (Fsp3) is 0.600. The number of benzene rings is 1. The van der Waals surface area contributed by atoms with Gasteiger partial charge in [0.25, 0.3) is 0 Å². The van der Waals surface area contributed by atoms with Crippen molar-refractivity contribution in [1.29, 1.82) is 0 Å². The van der Waals surface area contributed by atoms with Gasteiger partial charge in [-0.3, -0.25) is 0 Å². The van der Waals surface area contributed by atoms with E-state index in [1.807, 2.05) is 6.92 Å². The van der Waals surface area contributed by atoms with Crippen molar-refractivity contribution in [3.63, 3.8) is 0 Å². The third-order valence-electron chi connectivity index (χ3n) is 3.01. The van der Waals surface area contributed by atoms with E-state index in [1.165, 1.54) is 12.1 Å². The van der Waals surface area contributed by atoms with Crippen molar-refractivity contribution in [2.45, 2.75) is 46.1 Å². The van der Waals surface area contributed by atoms with Crippen LogP contribution in [0.15, 0.2) is 18.2 Å². The van der Waals surface area contributed by atoms with E-state index >= 15 is 0 Å². The summed E-state index contributed by atoms with van der Waals surface area (Å²) in [5.74, 6) is -0.343. The highest BCUT2D eigenvalue weighted by Gasteiger charge is 2.12. The van der Waals surface area contributed by atoms with Gasteiger partial charge in [0.05, 0.1) is 0 Å². The molecule has 0 fully saturated rings. The molecule has 1 aromatic carbocycles. The third kappa shape index (κ3) is 5.13. The van der Waals surface area contributed by atoms with Crippen LogP contribution in [0, 0.1) is 17.6 Å². The quantitative estimate of drug-likeness (QED) is 0.759. The van der Waals surface area contributed by atoms with Crippen molar-refractivity contribution < 1.29 is 8.78 Å². The standard InChI is InChI=1S/C15H23F2N/c1-4-18-15(7-5-6-11(2)3)12-8-13(16)10-14(17)9-12/h8-11,15,18H,4-7H2,1-3H3. The Morgan fingerprint density at radius 2 is 1.67 bits per heavy atom. The van der Waals surface area contributed by atoms with Gasteiger partial charge in [0.15, 0.2) is 0 Å². The molecule has 18 heavy (non-hydrogen) atoms. The van der Waals surface area contributed by atoms with Crippen LogP contribution in [0.4, 0.5) is 8.78 Å². The van der Waals surface area contributed by atoms with Gasteiger partial charge in [-0.25, -0.2) is 8.78 Å². The molecule has 102 valence electrons. The molecule has 0 aliphatic carbocycles. The summed E-state index contributed by atoms with van der Waals surface area (Å²) in [6.45, 7) is 7.17. The monoisotopic (exact) mass is 255 g/mol. The van der Waals surface area contributed by atoms with E-state index in [0.717, 1.165) is 31.9 Å². The van der Waals surface area contributed by atoms with Crippen molar-refractivity contribution in [3.8, 4) is 0 Å². The molecule has 0 radical (unpaired) electrons. The molecule has 1 rings (SSSR count). The molecule has 0 aliphatic rings. The van der Waals surface area contributed by atoms with Gasteiger partial charge in [-0.05, 0) is 36.6 Å². The maximum absolute atomic E-state index is 13.2. The van der Waals surface area contributed by atoms with Crippen LogP contribution in [0.3, 0.4) is 0 Å². The lowest BCUT2D eigenvalue weighted by atomic mass is 9.98. The predicted octanol–water partition coefficient (Wildman–Crippen LogP) is 4.44. The van der Waals surface area contributed by atoms with E-state index in [9.17, 15) is 8.78 Å². The van der Waals surface area contributed by atoms with Crippen LogP contribution in [-0.4, -0.2) is 6.54 Å². The molecule has 1 atom stereocenters.